The van der Waals surface area contributed by atoms with Crippen molar-refractivity contribution in [2.45, 2.75) is 11.5 Å². The number of primary sulfonamides is 1. The average Bonchev–Trinajstić information content (AvgIpc) is 3.04. The number of aromatic nitrogens is 2. The first-order valence-electron chi connectivity index (χ1n) is 6.88. The lowest BCUT2D eigenvalue weighted by molar-refractivity contribution is 0.285. The molecule has 124 valence electrons. The molecule has 4 N–H and O–H groups in total. The molecule has 0 saturated carbocycles. The summed E-state index contributed by atoms with van der Waals surface area (Å²) in [6.07, 6.45) is 1.63. The van der Waals surface area contributed by atoms with Gasteiger partial charge in [-0.1, -0.05) is 0 Å². The lowest BCUT2D eigenvalue weighted by Crippen LogP contribution is -2.11. The molecule has 2 aromatic heterocycles. The molecule has 0 fully saturated rings. The van der Waals surface area contributed by atoms with Gasteiger partial charge in [-0.3, -0.25) is 0 Å². The van der Waals surface area contributed by atoms with Crippen LogP contribution in [0.5, 0.6) is 0 Å². The molecule has 0 aliphatic rings. The monoisotopic (exact) mass is 362 g/mol. The van der Waals surface area contributed by atoms with Gasteiger partial charge in [-0.05, 0) is 42.5 Å². The number of hydrogen-bond acceptors (Lipinski definition) is 7. The molecular weight excluding hydrogens is 348 g/mol. The van der Waals surface area contributed by atoms with Gasteiger partial charge in [0.2, 0.25) is 16.0 Å². The van der Waals surface area contributed by atoms with E-state index in [4.69, 9.17) is 10.2 Å². The molecular formula is C15H14N4O3S2. The van der Waals surface area contributed by atoms with E-state index in [0.29, 0.717) is 11.6 Å². The van der Waals surface area contributed by atoms with Gasteiger partial charge < -0.3 is 10.4 Å². The quantitative estimate of drug-likeness (QED) is 0.639. The molecule has 24 heavy (non-hydrogen) atoms. The predicted molar refractivity (Wildman–Crippen MR) is 92.4 cm³/mol. The molecule has 3 aromatic rings. The number of aliphatic hydroxyl groups excluding tert-OH is 1. The molecule has 0 aliphatic carbocycles. The Labute approximate surface area is 142 Å². The molecule has 0 atom stereocenters. The highest BCUT2D eigenvalue weighted by Crippen LogP contribution is 2.27. The van der Waals surface area contributed by atoms with Gasteiger partial charge in [-0.2, -0.15) is 0 Å². The number of hydrogen-bond donors (Lipinski definition) is 3. The van der Waals surface area contributed by atoms with Crippen molar-refractivity contribution >= 4 is 33.0 Å². The zero-order valence-electron chi connectivity index (χ0n) is 12.4. The van der Waals surface area contributed by atoms with Crippen LogP contribution in [0.15, 0.2) is 53.6 Å². The number of anilines is 2. The van der Waals surface area contributed by atoms with Gasteiger partial charge in [0.25, 0.3) is 0 Å². The van der Waals surface area contributed by atoms with Gasteiger partial charge in [0.05, 0.1) is 22.1 Å². The average molecular weight is 362 g/mol. The van der Waals surface area contributed by atoms with E-state index < -0.39 is 10.0 Å². The van der Waals surface area contributed by atoms with Crippen molar-refractivity contribution < 1.29 is 13.5 Å². The van der Waals surface area contributed by atoms with Gasteiger partial charge in [0.1, 0.15) is 0 Å². The smallest absolute Gasteiger partial charge is 0.238 e. The van der Waals surface area contributed by atoms with Crippen LogP contribution in [0.25, 0.3) is 10.6 Å². The molecule has 9 heteroatoms. The molecule has 0 radical (unpaired) electrons. The SMILES string of the molecule is NS(=O)(=O)c1ccc(Nc2nccc(-c3ccc(CO)s3)n2)cc1. The number of aliphatic hydroxyl groups is 1. The molecule has 0 unspecified atom stereocenters. The zero-order valence-corrected chi connectivity index (χ0v) is 14.0. The summed E-state index contributed by atoms with van der Waals surface area (Å²) in [7, 11) is -3.71. The number of sulfonamides is 1. The Morgan fingerprint density at radius 1 is 1.12 bits per heavy atom. The third-order valence-corrected chi connectivity index (χ3v) is 5.19. The van der Waals surface area contributed by atoms with Crippen molar-refractivity contribution in [2.75, 3.05) is 5.32 Å². The van der Waals surface area contributed by atoms with Gasteiger partial charge in [0.15, 0.2) is 0 Å². The fraction of sp³-hybridized carbons (Fsp3) is 0.0667. The van der Waals surface area contributed by atoms with Crippen LogP contribution in [0.3, 0.4) is 0 Å². The molecule has 0 saturated heterocycles. The Hall–Kier alpha value is -2.33. The predicted octanol–water partition coefficient (Wildman–Crippen LogP) is 2.09. The minimum Gasteiger partial charge on any atom is -0.391 e. The number of rotatable bonds is 5. The maximum atomic E-state index is 11.2. The third kappa shape index (κ3) is 3.77. The third-order valence-electron chi connectivity index (χ3n) is 3.16. The molecule has 1 aromatic carbocycles. The van der Waals surface area contributed by atoms with Gasteiger partial charge >= 0.3 is 0 Å². The highest BCUT2D eigenvalue weighted by molar-refractivity contribution is 7.89. The van der Waals surface area contributed by atoms with Crippen molar-refractivity contribution in [1.29, 1.82) is 0 Å². The van der Waals surface area contributed by atoms with Crippen LogP contribution in [0.2, 0.25) is 0 Å². The lowest BCUT2D eigenvalue weighted by Gasteiger charge is -2.06. The maximum Gasteiger partial charge on any atom is 0.238 e. The van der Waals surface area contributed by atoms with Crippen LogP contribution < -0.4 is 10.5 Å². The fourth-order valence-corrected chi connectivity index (χ4v) is 3.37. The number of thiophene rings is 1. The van der Waals surface area contributed by atoms with Crippen LogP contribution >= 0.6 is 11.3 Å². The molecule has 0 spiro atoms. The summed E-state index contributed by atoms with van der Waals surface area (Å²) in [5.74, 6) is 0.384. The summed E-state index contributed by atoms with van der Waals surface area (Å²) in [6.45, 7) is -0.00272. The second-order valence-corrected chi connectivity index (χ2v) is 7.61. The van der Waals surface area contributed by atoms with E-state index in [0.717, 1.165) is 15.4 Å². The van der Waals surface area contributed by atoms with Crippen LogP contribution in [-0.2, 0) is 16.6 Å². The summed E-state index contributed by atoms with van der Waals surface area (Å²) in [4.78, 5) is 10.4. The molecule has 0 amide bonds. The first kappa shape index (κ1) is 16.5. The molecule has 2 heterocycles. The first-order chi connectivity index (χ1) is 11.5. The van der Waals surface area contributed by atoms with E-state index in [9.17, 15) is 8.42 Å². The topological polar surface area (TPSA) is 118 Å². The minimum atomic E-state index is -3.71. The number of nitrogens with one attached hydrogen (secondary N) is 1. The van der Waals surface area contributed by atoms with Crippen molar-refractivity contribution in [1.82, 2.24) is 9.97 Å². The first-order valence-corrected chi connectivity index (χ1v) is 9.25. The van der Waals surface area contributed by atoms with E-state index in [1.807, 2.05) is 12.1 Å². The number of nitrogens with two attached hydrogens (primary N) is 1. The van der Waals surface area contributed by atoms with E-state index in [1.165, 1.54) is 23.5 Å². The normalized spacial score (nSPS) is 11.4. The fourth-order valence-electron chi connectivity index (χ4n) is 2.01. The van der Waals surface area contributed by atoms with Crippen LogP contribution in [-0.4, -0.2) is 23.5 Å². The summed E-state index contributed by atoms with van der Waals surface area (Å²) in [5.41, 5.74) is 1.38. The Morgan fingerprint density at radius 3 is 2.50 bits per heavy atom. The van der Waals surface area contributed by atoms with Crippen LogP contribution in [0.1, 0.15) is 4.88 Å². The van der Waals surface area contributed by atoms with Crippen molar-refractivity contribution in [3.63, 3.8) is 0 Å². The van der Waals surface area contributed by atoms with Crippen LogP contribution in [0.4, 0.5) is 11.6 Å². The van der Waals surface area contributed by atoms with E-state index >= 15 is 0 Å². The van der Waals surface area contributed by atoms with Crippen LogP contribution in [0, 0.1) is 0 Å². The minimum absolute atomic E-state index is 0.00272. The summed E-state index contributed by atoms with van der Waals surface area (Å²) in [5, 5.41) is 17.2. The number of nitrogens with zero attached hydrogens (tertiary/aromatic N) is 2. The molecule has 3 rings (SSSR count). The Balaban J connectivity index is 1.82. The van der Waals surface area contributed by atoms with Gasteiger partial charge in [0, 0.05) is 16.8 Å². The Kier molecular flexibility index (Phi) is 4.58. The highest BCUT2D eigenvalue weighted by Gasteiger charge is 2.08. The molecule has 0 aliphatic heterocycles. The standard InChI is InChI=1S/C15H14N4O3S2/c16-24(21,22)12-4-1-10(2-5-12)18-15-17-8-7-13(19-15)14-6-3-11(9-20)23-14/h1-8,20H,9H2,(H2,16,21,22)(H,17,18,19). The van der Waals surface area contributed by atoms with Gasteiger partial charge in [-0.15, -0.1) is 11.3 Å². The summed E-state index contributed by atoms with van der Waals surface area (Å²) < 4.78 is 22.5. The zero-order chi connectivity index (χ0) is 17.2. The second kappa shape index (κ2) is 6.65. The Bertz CT molecular complexity index is 953. The van der Waals surface area contributed by atoms with Gasteiger partial charge in [-0.25, -0.2) is 23.5 Å². The van der Waals surface area contributed by atoms with E-state index in [-0.39, 0.29) is 11.5 Å². The second-order valence-electron chi connectivity index (χ2n) is 4.88. The maximum absolute atomic E-state index is 11.2. The Morgan fingerprint density at radius 2 is 1.88 bits per heavy atom. The summed E-state index contributed by atoms with van der Waals surface area (Å²) in [6, 6.07) is 11.5. The lowest BCUT2D eigenvalue weighted by atomic mass is 10.3. The largest absolute Gasteiger partial charge is 0.391 e. The van der Waals surface area contributed by atoms with Crippen molar-refractivity contribution in [3.8, 4) is 10.6 Å². The molecule has 7 nitrogen and oxygen atoms in total. The highest BCUT2D eigenvalue weighted by atomic mass is 32.2. The number of benzene rings is 1. The molecule has 0 bridgehead atoms. The summed E-state index contributed by atoms with van der Waals surface area (Å²) >= 11 is 1.46. The van der Waals surface area contributed by atoms with E-state index in [2.05, 4.69) is 15.3 Å². The van der Waals surface area contributed by atoms with Crippen molar-refractivity contribution in [3.05, 3.63) is 53.5 Å². The van der Waals surface area contributed by atoms with E-state index in [1.54, 1.807) is 24.4 Å². The van der Waals surface area contributed by atoms with Crippen molar-refractivity contribution in [2.24, 2.45) is 5.14 Å².